The quantitative estimate of drug-likeness (QED) is 0.174. The van der Waals surface area contributed by atoms with E-state index in [-0.39, 0.29) is 11.5 Å². The molecule has 4 N–H and O–H groups in total. The van der Waals surface area contributed by atoms with E-state index in [1.165, 1.54) is 0 Å². The summed E-state index contributed by atoms with van der Waals surface area (Å²) in [5.74, 6) is -0.137. The molecule has 0 aliphatic rings. The fraction of sp³-hybridized carbons (Fsp3) is 0.632. The minimum atomic E-state index is -1.43. The maximum absolute atomic E-state index is 13.7. The highest BCUT2D eigenvalue weighted by molar-refractivity contribution is 8.03. The SMILES string of the molecule is CC(CSCCSC(c1cc(C(C)(C)C)c(O)c(C(C)(C)C)c1)C(C)(C(=O)O)c1cc(C(C)(C)C)c(O)c(C(C)(C)C)c1)C(=O)O. The lowest BCUT2D eigenvalue weighted by molar-refractivity contribution is -0.143. The molecule has 2 rings (SSSR count). The van der Waals surface area contributed by atoms with Crippen molar-refractivity contribution in [2.45, 2.75) is 129 Å². The van der Waals surface area contributed by atoms with E-state index in [0.717, 1.165) is 16.7 Å². The van der Waals surface area contributed by atoms with Gasteiger partial charge in [-0.3, -0.25) is 9.59 Å². The van der Waals surface area contributed by atoms with Crippen LogP contribution >= 0.6 is 23.5 Å². The molecule has 258 valence electrons. The Morgan fingerprint density at radius 2 is 1.02 bits per heavy atom. The molecule has 0 spiro atoms. The number of thioether (sulfide) groups is 2. The van der Waals surface area contributed by atoms with Crippen LogP contribution in [0.1, 0.15) is 136 Å². The normalized spacial score (nSPS) is 15.7. The van der Waals surface area contributed by atoms with Gasteiger partial charge in [0.2, 0.25) is 0 Å². The Bertz CT molecular complexity index is 1350. The van der Waals surface area contributed by atoms with Crippen LogP contribution in [0.5, 0.6) is 11.5 Å². The maximum Gasteiger partial charge on any atom is 0.315 e. The summed E-state index contributed by atoms with van der Waals surface area (Å²) < 4.78 is 0. The van der Waals surface area contributed by atoms with E-state index in [2.05, 4.69) is 0 Å². The van der Waals surface area contributed by atoms with Crippen molar-refractivity contribution >= 4 is 35.5 Å². The van der Waals surface area contributed by atoms with Crippen LogP contribution in [-0.2, 0) is 36.7 Å². The summed E-state index contributed by atoms with van der Waals surface area (Å²) in [6.45, 7) is 27.8. The van der Waals surface area contributed by atoms with Gasteiger partial charge in [0.15, 0.2) is 0 Å². The van der Waals surface area contributed by atoms with Crippen molar-refractivity contribution in [1.29, 1.82) is 0 Å². The number of rotatable bonds is 11. The van der Waals surface area contributed by atoms with E-state index in [0.29, 0.717) is 33.9 Å². The first-order valence-electron chi connectivity index (χ1n) is 16.1. The topological polar surface area (TPSA) is 115 Å². The van der Waals surface area contributed by atoms with E-state index in [4.69, 9.17) is 0 Å². The Labute approximate surface area is 286 Å². The summed E-state index contributed by atoms with van der Waals surface area (Å²) in [5.41, 5.74) is 1.19. The van der Waals surface area contributed by atoms with Crippen LogP contribution in [-0.4, -0.2) is 49.6 Å². The van der Waals surface area contributed by atoms with E-state index in [9.17, 15) is 30.0 Å². The highest BCUT2D eigenvalue weighted by Gasteiger charge is 2.47. The molecule has 3 unspecified atom stereocenters. The van der Waals surface area contributed by atoms with Gasteiger partial charge in [-0.2, -0.15) is 23.5 Å². The van der Waals surface area contributed by atoms with E-state index < -0.39 is 50.2 Å². The smallest absolute Gasteiger partial charge is 0.315 e. The van der Waals surface area contributed by atoms with Gasteiger partial charge in [0, 0.05) is 22.5 Å². The highest BCUT2D eigenvalue weighted by atomic mass is 32.2. The van der Waals surface area contributed by atoms with E-state index >= 15 is 0 Å². The number of carboxylic acids is 2. The summed E-state index contributed by atoms with van der Waals surface area (Å²) in [7, 11) is 0. The van der Waals surface area contributed by atoms with E-state index in [1.54, 1.807) is 37.4 Å². The Hall–Kier alpha value is -2.32. The summed E-state index contributed by atoms with van der Waals surface area (Å²) in [4.78, 5) is 25.1. The standard InChI is InChI=1S/C38H58O6S2/c1-22(32(41)42)21-45-15-16-46-31(23-17-25(34(2,3)4)29(39)26(18-23)35(5,6)7)38(14,33(43)44)24-19-27(36(8,9)10)30(40)28(20-24)37(11,12)13/h17-20,22,31,39-40H,15-16,21H2,1-14H3,(H,41,42)(H,43,44). The van der Waals surface area contributed by atoms with E-state index in [1.807, 2.05) is 107 Å². The van der Waals surface area contributed by atoms with Crippen molar-refractivity contribution in [2.75, 3.05) is 17.3 Å². The van der Waals surface area contributed by atoms with Crippen molar-refractivity contribution < 1.29 is 30.0 Å². The molecule has 8 heteroatoms. The lowest BCUT2D eigenvalue weighted by Crippen LogP contribution is -2.39. The molecule has 2 aromatic rings. The molecule has 2 aromatic carbocycles. The van der Waals surface area contributed by atoms with Crippen molar-refractivity contribution in [1.82, 2.24) is 0 Å². The van der Waals surface area contributed by atoms with Gasteiger partial charge in [-0.05, 0) is 62.0 Å². The van der Waals surface area contributed by atoms with Crippen LogP contribution in [0, 0.1) is 5.92 Å². The second kappa shape index (κ2) is 14.0. The monoisotopic (exact) mass is 674 g/mol. The number of hydrogen-bond acceptors (Lipinski definition) is 6. The molecular weight excluding hydrogens is 617 g/mol. The Kier molecular flexibility index (Phi) is 12.2. The zero-order valence-corrected chi connectivity index (χ0v) is 32.1. The van der Waals surface area contributed by atoms with Crippen molar-refractivity contribution in [3.63, 3.8) is 0 Å². The van der Waals surface area contributed by atoms with Crippen LogP contribution in [0.3, 0.4) is 0 Å². The van der Waals surface area contributed by atoms with Gasteiger partial charge in [0.1, 0.15) is 16.9 Å². The first-order chi connectivity index (χ1) is 20.6. The zero-order valence-electron chi connectivity index (χ0n) is 30.5. The van der Waals surface area contributed by atoms with Gasteiger partial charge in [-0.25, -0.2) is 0 Å². The molecule has 0 radical (unpaired) electrons. The number of phenolic OH excluding ortho intramolecular Hbond substituents is 2. The summed E-state index contributed by atoms with van der Waals surface area (Å²) in [5, 5.41) is 43.0. The second-order valence-corrected chi connectivity index (χ2v) is 19.3. The van der Waals surface area contributed by atoms with Crippen LogP contribution in [0.15, 0.2) is 24.3 Å². The molecule has 0 bridgehead atoms. The second-order valence-electron chi connectivity index (χ2n) is 17.0. The number of carboxylic acid groups (broad SMARTS) is 2. The summed E-state index contributed by atoms with van der Waals surface area (Å²) >= 11 is 3.10. The fourth-order valence-electron chi connectivity index (χ4n) is 5.57. The van der Waals surface area contributed by atoms with Crippen molar-refractivity contribution in [3.8, 4) is 11.5 Å². The van der Waals surface area contributed by atoms with Crippen LogP contribution in [0.4, 0.5) is 0 Å². The van der Waals surface area contributed by atoms with Crippen LogP contribution in [0.25, 0.3) is 0 Å². The molecule has 0 aliphatic heterocycles. The minimum absolute atomic E-state index is 0.194. The molecular formula is C38H58O6S2. The maximum atomic E-state index is 13.7. The zero-order chi connectivity index (χ0) is 35.8. The van der Waals surface area contributed by atoms with Gasteiger partial charge in [0.05, 0.1) is 5.92 Å². The van der Waals surface area contributed by atoms with Crippen molar-refractivity contribution in [2.24, 2.45) is 5.92 Å². The first-order valence-corrected chi connectivity index (χ1v) is 18.3. The minimum Gasteiger partial charge on any atom is -0.507 e. The number of aromatic hydroxyl groups is 2. The Morgan fingerprint density at radius 1 is 0.652 bits per heavy atom. The predicted octanol–water partition coefficient (Wildman–Crippen LogP) is 9.56. The lowest BCUT2D eigenvalue weighted by Gasteiger charge is -2.38. The Morgan fingerprint density at radius 3 is 1.35 bits per heavy atom. The first kappa shape index (κ1) is 39.9. The van der Waals surface area contributed by atoms with Crippen LogP contribution < -0.4 is 0 Å². The molecule has 6 nitrogen and oxygen atoms in total. The number of hydrogen-bond donors (Lipinski definition) is 4. The molecule has 0 saturated carbocycles. The molecule has 46 heavy (non-hydrogen) atoms. The third-order valence-corrected chi connectivity index (χ3v) is 11.7. The largest absolute Gasteiger partial charge is 0.507 e. The molecule has 0 amide bonds. The number of benzene rings is 2. The van der Waals surface area contributed by atoms with Gasteiger partial charge < -0.3 is 20.4 Å². The molecule has 3 atom stereocenters. The van der Waals surface area contributed by atoms with Crippen LogP contribution in [0.2, 0.25) is 0 Å². The molecule has 0 saturated heterocycles. The van der Waals surface area contributed by atoms with Gasteiger partial charge >= 0.3 is 11.9 Å². The fourth-order valence-corrected chi connectivity index (χ4v) is 8.22. The molecule has 0 fully saturated rings. The van der Waals surface area contributed by atoms with Gasteiger partial charge in [-0.15, -0.1) is 0 Å². The summed E-state index contributed by atoms with van der Waals surface area (Å²) in [6, 6.07) is 7.67. The van der Waals surface area contributed by atoms with Crippen molar-refractivity contribution in [3.05, 3.63) is 57.6 Å². The third kappa shape index (κ3) is 8.97. The number of aliphatic carboxylic acids is 2. The lowest BCUT2D eigenvalue weighted by atomic mass is 9.70. The average molecular weight is 675 g/mol. The molecule has 0 aromatic heterocycles. The number of phenols is 2. The highest BCUT2D eigenvalue weighted by Crippen LogP contribution is 2.52. The number of carbonyl (C=O) groups is 2. The molecule has 0 aliphatic carbocycles. The summed E-state index contributed by atoms with van der Waals surface area (Å²) in [6.07, 6.45) is 0. The third-order valence-electron chi connectivity index (χ3n) is 8.65. The predicted molar refractivity (Wildman–Crippen MR) is 195 cm³/mol. The van der Waals surface area contributed by atoms with Gasteiger partial charge in [0.25, 0.3) is 0 Å². The molecule has 0 heterocycles. The average Bonchev–Trinajstić information content (AvgIpc) is 2.87. The Balaban J connectivity index is 2.97. The van der Waals surface area contributed by atoms with Gasteiger partial charge in [-0.1, -0.05) is 114 Å².